The van der Waals surface area contributed by atoms with E-state index in [1.807, 2.05) is 6.92 Å². The van der Waals surface area contributed by atoms with Crippen LogP contribution >= 0.6 is 0 Å². The van der Waals surface area contributed by atoms with Crippen molar-refractivity contribution in [3.8, 4) is 5.75 Å². The molecule has 1 atom stereocenters. The summed E-state index contributed by atoms with van der Waals surface area (Å²) in [6.45, 7) is 1.82. The maximum atomic E-state index is 13.0. The molecule has 31 heavy (non-hydrogen) atoms. The van der Waals surface area contributed by atoms with E-state index < -0.39 is 29.4 Å². The molecule has 2 amide bonds. The zero-order valence-electron chi connectivity index (χ0n) is 16.6. The first-order chi connectivity index (χ1) is 14.5. The van der Waals surface area contributed by atoms with Gasteiger partial charge < -0.3 is 15.4 Å². The number of rotatable bonds is 6. The van der Waals surface area contributed by atoms with Crippen molar-refractivity contribution in [1.29, 1.82) is 0 Å². The highest BCUT2D eigenvalue weighted by atomic mass is 19.4. The predicted molar refractivity (Wildman–Crippen MR) is 104 cm³/mol. The first kappa shape index (κ1) is 21.1. The van der Waals surface area contributed by atoms with Gasteiger partial charge in [0, 0.05) is 22.7 Å². The van der Waals surface area contributed by atoms with Gasteiger partial charge in [-0.2, -0.15) is 0 Å². The van der Waals surface area contributed by atoms with Crippen LogP contribution in [0.4, 0.5) is 23.2 Å². The molecule has 2 N–H and O–H groups in total. The van der Waals surface area contributed by atoms with Crippen LogP contribution in [0, 0.1) is 17.2 Å². The van der Waals surface area contributed by atoms with Crippen molar-refractivity contribution in [3.63, 3.8) is 0 Å². The summed E-state index contributed by atoms with van der Waals surface area (Å²) in [5.74, 6) is -1.81. The van der Waals surface area contributed by atoms with Gasteiger partial charge in [-0.05, 0) is 67.1 Å². The van der Waals surface area contributed by atoms with Crippen LogP contribution in [0.3, 0.4) is 0 Å². The van der Waals surface area contributed by atoms with E-state index in [2.05, 4.69) is 15.4 Å². The molecule has 0 saturated heterocycles. The number of hydrogen-bond donors (Lipinski definition) is 2. The Bertz CT molecular complexity index is 1000. The van der Waals surface area contributed by atoms with Gasteiger partial charge in [-0.15, -0.1) is 13.2 Å². The molecule has 9 heteroatoms. The zero-order valence-corrected chi connectivity index (χ0v) is 16.6. The number of carbonyl (C=O) groups is 2. The Morgan fingerprint density at radius 1 is 1.06 bits per heavy atom. The average Bonchev–Trinajstić information content (AvgIpc) is 2.63. The summed E-state index contributed by atoms with van der Waals surface area (Å²) in [5, 5.41) is 5.66. The fraction of sp³-hybridized carbons (Fsp3) is 0.364. The zero-order chi connectivity index (χ0) is 22.4. The molecule has 0 aromatic heterocycles. The van der Waals surface area contributed by atoms with E-state index in [9.17, 15) is 27.2 Å². The van der Waals surface area contributed by atoms with Gasteiger partial charge in [-0.3, -0.25) is 9.59 Å². The van der Waals surface area contributed by atoms with Crippen LogP contribution in [0.25, 0.3) is 0 Å². The largest absolute Gasteiger partial charge is 0.573 e. The molecular weight excluding hydrogens is 416 g/mol. The van der Waals surface area contributed by atoms with Crippen molar-refractivity contribution in [2.45, 2.75) is 38.1 Å². The smallest absolute Gasteiger partial charge is 0.406 e. The second kappa shape index (κ2) is 7.25. The minimum atomic E-state index is -4.83. The second-order valence-corrected chi connectivity index (χ2v) is 8.42. The van der Waals surface area contributed by atoms with E-state index in [0.29, 0.717) is 24.9 Å². The fourth-order valence-corrected chi connectivity index (χ4v) is 4.67. The Kier molecular flexibility index (Phi) is 4.94. The van der Waals surface area contributed by atoms with Crippen molar-refractivity contribution < 1.29 is 31.9 Å². The highest BCUT2D eigenvalue weighted by Gasteiger charge is 2.71. The number of amides is 2. The van der Waals surface area contributed by atoms with Gasteiger partial charge in [0.1, 0.15) is 11.6 Å². The van der Waals surface area contributed by atoms with Gasteiger partial charge in [-0.1, -0.05) is 13.0 Å². The van der Waals surface area contributed by atoms with Gasteiger partial charge in [-0.25, -0.2) is 4.39 Å². The average molecular weight is 436 g/mol. The van der Waals surface area contributed by atoms with E-state index >= 15 is 0 Å². The van der Waals surface area contributed by atoms with E-state index in [1.165, 1.54) is 36.4 Å². The predicted octanol–water partition coefficient (Wildman–Crippen LogP) is 4.65. The first-order valence-corrected chi connectivity index (χ1v) is 9.74. The number of carbonyl (C=O) groups excluding carboxylic acids is 2. The Hall–Kier alpha value is -3.10. The third-order valence-electron chi connectivity index (χ3n) is 6.20. The molecule has 2 aromatic rings. The molecule has 0 aliphatic heterocycles. The minimum absolute atomic E-state index is 0.0719. The van der Waals surface area contributed by atoms with Gasteiger partial charge in [0.2, 0.25) is 5.91 Å². The van der Waals surface area contributed by atoms with Gasteiger partial charge in [0.05, 0.1) is 0 Å². The summed E-state index contributed by atoms with van der Waals surface area (Å²) in [6.07, 6.45) is -2.99. The Morgan fingerprint density at radius 3 is 2.32 bits per heavy atom. The maximum Gasteiger partial charge on any atom is 0.573 e. The minimum Gasteiger partial charge on any atom is -0.406 e. The number of benzene rings is 2. The second-order valence-electron chi connectivity index (χ2n) is 8.42. The third kappa shape index (κ3) is 4.22. The Labute approximate surface area is 175 Å². The van der Waals surface area contributed by atoms with Crippen LogP contribution in [0.5, 0.6) is 5.75 Å². The summed E-state index contributed by atoms with van der Waals surface area (Å²) < 4.78 is 54.0. The summed E-state index contributed by atoms with van der Waals surface area (Å²) in [5.41, 5.74) is -0.0856. The van der Waals surface area contributed by atoms with E-state index in [4.69, 9.17) is 0 Å². The third-order valence-corrected chi connectivity index (χ3v) is 6.20. The lowest BCUT2D eigenvalue weighted by Gasteiger charge is -2.72. The number of halogens is 4. The Morgan fingerprint density at radius 2 is 1.71 bits per heavy atom. The fourth-order valence-electron chi connectivity index (χ4n) is 4.67. The summed E-state index contributed by atoms with van der Waals surface area (Å²) in [4.78, 5) is 25.1. The summed E-state index contributed by atoms with van der Waals surface area (Å²) in [7, 11) is 0. The number of hydrogen-bond acceptors (Lipinski definition) is 3. The molecule has 3 saturated carbocycles. The quantitative estimate of drug-likeness (QED) is 0.648. The van der Waals surface area contributed by atoms with Crippen molar-refractivity contribution in [2.24, 2.45) is 11.3 Å². The number of anilines is 1. The highest BCUT2D eigenvalue weighted by Crippen LogP contribution is 2.70. The molecule has 0 heterocycles. The molecule has 0 radical (unpaired) electrons. The molecule has 5 rings (SSSR count). The van der Waals surface area contributed by atoms with Gasteiger partial charge in [0.25, 0.3) is 5.91 Å². The number of nitrogens with one attached hydrogen (secondary N) is 2. The van der Waals surface area contributed by atoms with Crippen LogP contribution in [0.1, 0.15) is 36.5 Å². The van der Waals surface area contributed by atoms with E-state index in [1.54, 1.807) is 0 Å². The maximum absolute atomic E-state index is 13.0. The van der Waals surface area contributed by atoms with E-state index in [0.717, 1.165) is 12.1 Å². The van der Waals surface area contributed by atoms with Crippen molar-refractivity contribution in [3.05, 3.63) is 59.9 Å². The van der Waals surface area contributed by atoms with Gasteiger partial charge >= 0.3 is 6.36 Å². The molecule has 2 aromatic carbocycles. The standard InChI is InChI=1S/C22H20F4N2O3/c1-13(18(29)27-16-7-5-15(23)6-8-16)20-10-21(11-20,12-20)28-19(30)14-3-2-4-17(9-14)31-22(24,25)26/h2-9,13H,10-12H2,1H3,(H,27,29)(H,28,30). The number of ether oxygens (including phenoxy) is 1. The molecular formula is C22H20F4N2O3. The molecule has 164 valence electrons. The van der Waals surface area contributed by atoms with Crippen LogP contribution in [-0.2, 0) is 4.79 Å². The highest BCUT2D eigenvalue weighted by molar-refractivity contribution is 5.96. The SMILES string of the molecule is CC(C(=O)Nc1ccc(F)cc1)C12CC(NC(=O)c3cccc(OC(F)(F)F)c3)(C1)C2. The lowest BCUT2D eigenvalue weighted by Crippen LogP contribution is -2.77. The molecule has 3 aliphatic carbocycles. The van der Waals surface area contributed by atoms with Gasteiger partial charge in [0.15, 0.2) is 0 Å². The van der Waals surface area contributed by atoms with Crippen LogP contribution in [-0.4, -0.2) is 23.7 Å². The van der Waals surface area contributed by atoms with Crippen molar-refractivity contribution in [1.82, 2.24) is 5.32 Å². The summed E-state index contributed by atoms with van der Waals surface area (Å²) >= 11 is 0. The topological polar surface area (TPSA) is 67.4 Å². The normalized spacial score (nSPS) is 24.9. The van der Waals surface area contributed by atoms with E-state index in [-0.39, 0.29) is 22.8 Å². The molecule has 0 spiro atoms. The lowest BCUT2D eigenvalue weighted by atomic mass is 9.36. The molecule has 3 aliphatic rings. The van der Waals surface area contributed by atoms with Crippen LogP contribution < -0.4 is 15.4 Å². The molecule has 3 fully saturated rings. The van der Waals surface area contributed by atoms with Crippen molar-refractivity contribution >= 4 is 17.5 Å². The Balaban J connectivity index is 1.32. The summed E-state index contributed by atoms with van der Waals surface area (Å²) in [6, 6.07) is 10.4. The van der Waals surface area contributed by atoms with Crippen molar-refractivity contribution in [2.75, 3.05) is 5.32 Å². The molecule has 5 nitrogen and oxygen atoms in total. The molecule has 2 bridgehead atoms. The first-order valence-electron chi connectivity index (χ1n) is 9.74. The lowest BCUT2D eigenvalue weighted by molar-refractivity contribution is -0.274. The van der Waals surface area contributed by atoms with Crippen LogP contribution in [0.15, 0.2) is 48.5 Å². The van der Waals surface area contributed by atoms with Crippen LogP contribution in [0.2, 0.25) is 0 Å². The number of alkyl halides is 3. The monoisotopic (exact) mass is 436 g/mol. The molecule has 1 unspecified atom stereocenters.